The van der Waals surface area contributed by atoms with Crippen molar-refractivity contribution in [3.8, 4) is 0 Å². The van der Waals surface area contributed by atoms with Crippen molar-refractivity contribution >= 4 is 11.6 Å². The van der Waals surface area contributed by atoms with Gasteiger partial charge in [0.1, 0.15) is 5.56 Å². The molecule has 2 heterocycles. The van der Waals surface area contributed by atoms with Crippen molar-refractivity contribution in [2.24, 2.45) is 0 Å². The van der Waals surface area contributed by atoms with Crippen molar-refractivity contribution in [2.45, 2.75) is 32.9 Å². The van der Waals surface area contributed by atoms with Gasteiger partial charge < -0.3 is 9.47 Å². The monoisotopic (exact) mass is 358 g/mol. The lowest BCUT2D eigenvalue weighted by Gasteiger charge is -2.22. The third kappa shape index (κ3) is 3.08. The van der Waals surface area contributed by atoms with E-state index in [0.717, 1.165) is 28.8 Å². The van der Waals surface area contributed by atoms with Crippen LogP contribution >= 0.6 is 0 Å². The molecule has 1 aliphatic rings. The average molecular weight is 358 g/mol. The maximum atomic E-state index is 13.2. The Morgan fingerprint density at radius 3 is 2.59 bits per heavy atom. The Morgan fingerprint density at radius 2 is 1.78 bits per heavy atom. The Kier molecular flexibility index (Phi) is 4.40. The van der Waals surface area contributed by atoms with Gasteiger partial charge >= 0.3 is 0 Å². The summed E-state index contributed by atoms with van der Waals surface area (Å²) in [6, 6.07) is 19.3. The maximum Gasteiger partial charge on any atom is 0.264 e. The number of para-hydroxylation sites is 1. The van der Waals surface area contributed by atoms with E-state index in [1.807, 2.05) is 62.4 Å². The highest BCUT2D eigenvalue weighted by Crippen LogP contribution is 2.32. The molecule has 136 valence electrons. The summed E-state index contributed by atoms with van der Waals surface area (Å²) in [6.07, 6.45) is 2.55. The zero-order valence-electron chi connectivity index (χ0n) is 15.6. The Bertz CT molecular complexity index is 1070. The fourth-order valence-electron chi connectivity index (χ4n) is 3.80. The van der Waals surface area contributed by atoms with Crippen molar-refractivity contribution in [1.29, 1.82) is 0 Å². The van der Waals surface area contributed by atoms with Crippen molar-refractivity contribution in [3.05, 3.63) is 99.5 Å². The summed E-state index contributed by atoms with van der Waals surface area (Å²) in [7, 11) is 0. The number of carbonyl (C=O) groups excluding carboxylic acids is 1. The average Bonchev–Trinajstić information content (AvgIpc) is 3.00. The minimum Gasteiger partial charge on any atom is -0.310 e. The van der Waals surface area contributed by atoms with Crippen molar-refractivity contribution in [3.63, 3.8) is 0 Å². The zero-order chi connectivity index (χ0) is 19.0. The SMILES string of the molecule is Cc1ccccc1Cn1cccc(C(=O)N2c3ccccc3C[C@H]2C)c1=O. The number of anilines is 1. The molecule has 4 rings (SSSR count). The van der Waals surface area contributed by atoms with Crippen LogP contribution in [0.1, 0.15) is 34.0 Å². The number of hydrogen-bond donors (Lipinski definition) is 0. The van der Waals surface area contributed by atoms with E-state index in [4.69, 9.17) is 0 Å². The van der Waals surface area contributed by atoms with Crippen LogP contribution in [0.15, 0.2) is 71.7 Å². The molecule has 3 aromatic rings. The third-order valence-corrected chi connectivity index (χ3v) is 5.28. The number of fused-ring (bicyclic) bond motifs is 1. The molecule has 0 saturated carbocycles. The Labute approximate surface area is 158 Å². The standard InChI is InChI=1S/C23H22N2O2/c1-16-8-3-4-10-19(16)15-24-13-7-11-20(22(24)26)23(27)25-17(2)14-18-9-5-6-12-21(18)25/h3-13,17H,14-15H2,1-2H3/t17-/m1/s1. The molecule has 1 aliphatic heterocycles. The molecule has 1 atom stereocenters. The summed E-state index contributed by atoms with van der Waals surface area (Å²) < 4.78 is 1.61. The largest absolute Gasteiger partial charge is 0.310 e. The number of nitrogens with zero attached hydrogens (tertiary/aromatic N) is 2. The number of benzene rings is 2. The molecule has 0 radical (unpaired) electrons. The molecule has 0 N–H and O–H groups in total. The summed E-state index contributed by atoms with van der Waals surface area (Å²) in [5.74, 6) is -0.225. The first-order valence-corrected chi connectivity index (χ1v) is 9.21. The first-order valence-electron chi connectivity index (χ1n) is 9.21. The van der Waals surface area contributed by atoms with Gasteiger partial charge in [-0.2, -0.15) is 0 Å². The summed E-state index contributed by atoms with van der Waals surface area (Å²) in [5, 5.41) is 0. The first kappa shape index (κ1) is 17.3. The highest BCUT2D eigenvalue weighted by atomic mass is 16.2. The van der Waals surface area contributed by atoms with E-state index >= 15 is 0 Å². The van der Waals surface area contributed by atoms with Crippen LogP contribution in [0.2, 0.25) is 0 Å². The van der Waals surface area contributed by atoms with Crippen LogP contribution < -0.4 is 10.5 Å². The van der Waals surface area contributed by atoms with Crippen LogP contribution in [0.3, 0.4) is 0 Å². The highest BCUT2D eigenvalue weighted by molar-refractivity contribution is 6.07. The van der Waals surface area contributed by atoms with E-state index in [1.54, 1.807) is 27.8 Å². The lowest BCUT2D eigenvalue weighted by atomic mass is 10.1. The van der Waals surface area contributed by atoms with E-state index in [1.165, 1.54) is 0 Å². The molecular formula is C23H22N2O2. The first-order chi connectivity index (χ1) is 13.1. The smallest absolute Gasteiger partial charge is 0.264 e. The second kappa shape index (κ2) is 6.88. The van der Waals surface area contributed by atoms with Crippen LogP contribution in [0.5, 0.6) is 0 Å². The third-order valence-electron chi connectivity index (χ3n) is 5.28. The number of aromatic nitrogens is 1. The van der Waals surface area contributed by atoms with E-state index < -0.39 is 0 Å². The predicted octanol–water partition coefficient (Wildman–Crippen LogP) is 3.80. The molecule has 1 aromatic heterocycles. The molecule has 4 nitrogen and oxygen atoms in total. The molecule has 0 unspecified atom stereocenters. The van der Waals surface area contributed by atoms with Gasteiger partial charge in [-0.25, -0.2) is 0 Å². The molecule has 1 amide bonds. The van der Waals surface area contributed by atoms with E-state index in [0.29, 0.717) is 6.54 Å². The van der Waals surface area contributed by atoms with Gasteiger partial charge in [-0.1, -0.05) is 42.5 Å². The van der Waals surface area contributed by atoms with Gasteiger partial charge in [-0.3, -0.25) is 9.59 Å². The molecule has 4 heteroatoms. The minimum absolute atomic E-state index is 0.0410. The summed E-state index contributed by atoms with van der Waals surface area (Å²) >= 11 is 0. The Balaban J connectivity index is 1.70. The lowest BCUT2D eigenvalue weighted by Crippen LogP contribution is -2.39. The second-order valence-corrected chi connectivity index (χ2v) is 7.14. The normalized spacial score (nSPS) is 15.6. The molecular weight excluding hydrogens is 336 g/mol. The molecule has 0 bridgehead atoms. The Hall–Kier alpha value is -3.14. The van der Waals surface area contributed by atoms with Gasteiger partial charge in [-0.05, 0) is 55.2 Å². The quantitative estimate of drug-likeness (QED) is 0.715. The molecule has 27 heavy (non-hydrogen) atoms. The molecule has 0 saturated heterocycles. The topological polar surface area (TPSA) is 42.3 Å². The van der Waals surface area contributed by atoms with Crippen LogP contribution in [-0.4, -0.2) is 16.5 Å². The fraction of sp³-hybridized carbons (Fsp3) is 0.217. The van der Waals surface area contributed by atoms with Crippen molar-refractivity contribution in [2.75, 3.05) is 4.90 Å². The van der Waals surface area contributed by atoms with Gasteiger partial charge in [0.05, 0.1) is 6.54 Å². The highest BCUT2D eigenvalue weighted by Gasteiger charge is 2.32. The van der Waals surface area contributed by atoms with Crippen LogP contribution in [-0.2, 0) is 13.0 Å². The van der Waals surface area contributed by atoms with Gasteiger partial charge in [-0.15, -0.1) is 0 Å². The van der Waals surface area contributed by atoms with Crippen molar-refractivity contribution in [1.82, 2.24) is 4.57 Å². The van der Waals surface area contributed by atoms with Gasteiger partial charge in [0.15, 0.2) is 0 Å². The second-order valence-electron chi connectivity index (χ2n) is 7.14. The summed E-state index contributed by atoms with van der Waals surface area (Å²) in [6.45, 7) is 4.50. The fourth-order valence-corrected chi connectivity index (χ4v) is 3.80. The van der Waals surface area contributed by atoms with E-state index in [9.17, 15) is 9.59 Å². The van der Waals surface area contributed by atoms with Gasteiger partial charge in [0.25, 0.3) is 11.5 Å². The number of carbonyl (C=O) groups is 1. The number of rotatable bonds is 3. The van der Waals surface area contributed by atoms with Crippen LogP contribution in [0, 0.1) is 6.92 Å². The van der Waals surface area contributed by atoms with E-state index in [2.05, 4.69) is 0 Å². The van der Waals surface area contributed by atoms with Crippen molar-refractivity contribution < 1.29 is 4.79 Å². The number of hydrogen-bond acceptors (Lipinski definition) is 2. The molecule has 0 fully saturated rings. The zero-order valence-corrected chi connectivity index (χ0v) is 15.6. The number of amides is 1. The summed E-state index contributed by atoms with van der Waals surface area (Å²) in [4.78, 5) is 28.0. The Morgan fingerprint density at radius 1 is 1.04 bits per heavy atom. The van der Waals surface area contributed by atoms with Crippen LogP contribution in [0.4, 0.5) is 5.69 Å². The van der Waals surface area contributed by atoms with Gasteiger partial charge in [0, 0.05) is 17.9 Å². The van der Waals surface area contributed by atoms with E-state index in [-0.39, 0.29) is 23.1 Å². The molecule has 0 spiro atoms. The lowest BCUT2D eigenvalue weighted by molar-refractivity contribution is 0.0979. The molecule has 2 aromatic carbocycles. The number of aryl methyl sites for hydroxylation is 1. The van der Waals surface area contributed by atoms with Crippen LogP contribution in [0.25, 0.3) is 0 Å². The summed E-state index contributed by atoms with van der Waals surface area (Å²) in [5.41, 5.74) is 4.22. The predicted molar refractivity (Wildman–Crippen MR) is 107 cm³/mol. The number of pyridine rings is 1. The minimum atomic E-state index is -0.248. The molecule has 0 aliphatic carbocycles. The van der Waals surface area contributed by atoms with Gasteiger partial charge in [0.2, 0.25) is 0 Å². The maximum absolute atomic E-state index is 13.2.